The third-order valence-corrected chi connectivity index (χ3v) is 1.99. The van der Waals surface area contributed by atoms with Gasteiger partial charge in [-0.2, -0.15) is 0 Å². The summed E-state index contributed by atoms with van der Waals surface area (Å²) in [6.07, 6.45) is -0.391. The average molecular weight is 231 g/mol. The molecule has 0 aromatic rings. The lowest BCUT2D eigenvalue weighted by Gasteiger charge is -2.18. The van der Waals surface area contributed by atoms with Gasteiger partial charge in [-0.05, 0) is 26.7 Å². The summed E-state index contributed by atoms with van der Waals surface area (Å²) in [5.74, 6) is 0.438. The number of hydrogen-bond acceptors (Lipinski definition) is 3. The lowest BCUT2D eigenvalue weighted by molar-refractivity contribution is -0.132. The molecule has 0 radical (unpaired) electrons. The van der Waals surface area contributed by atoms with E-state index in [4.69, 9.17) is 9.47 Å². The zero-order valence-corrected chi connectivity index (χ0v) is 11.1. The minimum atomic E-state index is -0.391. The zero-order chi connectivity index (χ0) is 12.6. The normalized spacial score (nSPS) is 14.9. The summed E-state index contributed by atoms with van der Waals surface area (Å²) in [4.78, 5) is 11.5. The summed E-state index contributed by atoms with van der Waals surface area (Å²) in [5, 5.41) is 2.85. The molecule has 96 valence electrons. The summed E-state index contributed by atoms with van der Waals surface area (Å²) in [7, 11) is 0. The molecular weight excluding hydrogens is 206 g/mol. The Morgan fingerprint density at radius 3 is 2.31 bits per heavy atom. The molecule has 0 spiro atoms. The molecule has 4 nitrogen and oxygen atoms in total. The van der Waals surface area contributed by atoms with Gasteiger partial charge in [-0.1, -0.05) is 13.8 Å². The predicted octanol–water partition coefficient (Wildman–Crippen LogP) is 1.59. The van der Waals surface area contributed by atoms with E-state index >= 15 is 0 Å². The Labute approximate surface area is 98.7 Å². The fraction of sp³-hybridized carbons (Fsp3) is 0.917. The molecule has 16 heavy (non-hydrogen) atoms. The van der Waals surface area contributed by atoms with Gasteiger partial charge in [0.15, 0.2) is 0 Å². The van der Waals surface area contributed by atoms with E-state index < -0.39 is 6.10 Å². The first kappa shape index (κ1) is 15.4. The van der Waals surface area contributed by atoms with Crippen LogP contribution in [0.2, 0.25) is 0 Å². The van der Waals surface area contributed by atoms with Crippen LogP contribution in [0.25, 0.3) is 0 Å². The minimum Gasteiger partial charge on any atom is -0.379 e. The Morgan fingerprint density at radius 1 is 1.19 bits per heavy atom. The fourth-order valence-electron chi connectivity index (χ4n) is 1.21. The van der Waals surface area contributed by atoms with Crippen molar-refractivity contribution in [3.8, 4) is 0 Å². The van der Waals surface area contributed by atoms with E-state index in [1.165, 1.54) is 0 Å². The monoisotopic (exact) mass is 231 g/mol. The number of amides is 1. The second kappa shape index (κ2) is 8.53. The molecule has 0 aliphatic carbocycles. The van der Waals surface area contributed by atoms with Gasteiger partial charge in [0.05, 0.1) is 6.61 Å². The molecule has 1 amide bonds. The Kier molecular flexibility index (Phi) is 8.21. The van der Waals surface area contributed by atoms with Crippen LogP contribution >= 0.6 is 0 Å². The van der Waals surface area contributed by atoms with Crippen molar-refractivity contribution >= 4 is 5.91 Å². The molecule has 0 aliphatic rings. The van der Waals surface area contributed by atoms with Crippen molar-refractivity contribution in [3.63, 3.8) is 0 Å². The largest absolute Gasteiger partial charge is 0.379 e. The zero-order valence-electron chi connectivity index (χ0n) is 11.1. The number of ether oxygens (including phenoxy) is 2. The van der Waals surface area contributed by atoms with Crippen LogP contribution in [0.15, 0.2) is 0 Å². The van der Waals surface area contributed by atoms with E-state index in [1.807, 2.05) is 13.8 Å². The van der Waals surface area contributed by atoms with Crippen LogP contribution in [0.1, 0.15) is 34.6 Å². The maximum absolute atomic E-state index is 11.5. The summed E-state index contributed by atoms with van der Waals surface area (Å²) in [5.41, 5.74) is 0. The van der Waals surface area contributed by atoms with Gasteiger partial charge >= 0.3 is 0 Å². The van der Waals surface area contributed by atoms with Gasteiger partial charge in [0, 0.05) is 19.3 Å². The van der Waals surface area contributed by atoms with E-state index in [2.05, 4.69) is 19.2 Å². The van der Waals surface area contributed by atoms with Crippen molar-refractivity contribution in [2.24, 2.45) is 5.92 Å². The molecule has 0 aliphatic heterocycles. The highest BCUT2D eigenvalue weighted by Gasteiger charge is 2.14. The van der Waals surface area contributed by atoms with Crippen LogP contribution in [-0.4, -0.2) is 37.9 Å². The summed E-state index contributed by atoms with van der Waals surface area (Å²) >= 11 is 0. The van der Waals surface area contributed by atoms with Gasteiger partial charge in [0.1, 0.15) is 6.10 Å². The van der Waals surface area contributed by atoms with Crippen LogP contribution < -0.4 is 5.32 Å². The molecule has 0 fully saturated rings. The fourth-order valence-corrected chi connectivity index (χ4v) is 1.21. The van der Waals surface area contributed by atoms with Crippen molar-refractivity contribution in [2.45, 2.75) is 46.8 Å². The molecule has 4 heteroatoms. The molecule has 1 N–H and O–H groups in total. The standard InChI is InChI=1S/C12H25NO3/c1-6-16-11(5)12(14)13-10(4)8-15-7-9(2)3/h9-11H,6-8H2,1-5H3,(H,13,14)/t10-,11-/m1/s1. The Hall–Kier alpha value is -0.610. The third-order valence-electron chi connectivity index (χ3n) is 1.99. The number of carbonyl (C=O) groups excluding carboxylic acids is 1. The van der Waals surface area contributed by atoms with Crippen molar-refractivity contribution in [2.75, 3.05) is 19.8 Å². The summed E-state index contributed by atoms with van der Waals surface area (Å²) < 4.78 is 10.6. The molecule has 2 atom stereocenters. The van der Waals surface area contributed by atoms with Gasteiger partial charge in [-0.3, -0.25) is 4.79 Å². The lowest BCUT2D eigenvalue weighted by atomic mass is 10.2. The van der Waals surface area contributed by atoms with Crippen LogP contribution in [-0.2, 0) is 14.3 Å². The van der Waals surface area contributed by atoms with Gasteiger partial charge in [-0.15, -0.1) is 0 Å². The van der Waals surface area contributed by atoms with E-state index in [9.17, 15) is 4.79 Å². The van der Waals surface area contributed by atoms with Crippen molar-refractivity contribution in [3.05, 3.63) is 0 Å². The highest BCUT2D eigenvalue weighted by Crippen LogP contribution is 1.96. The average Bonchev–Trinajstić information content (AvgIpc) is 2.17. The Bertz CT molecular complexity index is 195. The maximum Gasteiger partial charge on any atom is 0.249 e. The Balaban J connectivity index is 3.69. The van der Waals surface area contributed by atoms with E-state index in [0.717, 1.165) is 6.61 Å². The van der Waals surface area contributed by atoms with Gasteiger partial charge in [0.2, 0.25) is 5.91 Å². The second-order valence-corrected chi connectivity index (χ2v) is 4.44. The highest BCUT2D eigenvalue weighted by atomic mass is 16.5. The predicted molar refractivity (Wildman–Crippen MR) is 64.3 cm³/mol. The van der Waals surface area contributed by atoms with Crippen molar-refractivity contribution in [1.82, 2.24) is 5.32 Å². The SMILES string of the molecule is CCO[C@H](C)C(=O)N[C@H](C)COCC(C)C. The van der Waals surface area contributed by atoms with Crippen molar-refractivity contribution in [1.29, 1.82) is 0 Å². The first-order chi connectivity index (χ1) is 7.47. The number of carbonyl (C=O) groups is 1. The third kappa shape index (κ3) is 7.65. The van der Waals surface area contributed by atoms with Gasteiger partial charge < -0.3 is 14.8 Å². The highest BCUT2D eigenvalue weighted by molar-refractivity contribution is 5.80. The smallest absolute Gasteiger partial charge is 0.249 e. The molecule has 0 saturated heterocycles. The molecule has 0 aromatic heterocycles. The first-order valence-corrected chi connectivity index (χ1v) is 5.97. The van der Waals surface area contributed by atoms with E-state index in [0.29, 0.717) is 19.1 Å². The summed E-state index contributed by atoms with van der Waals surface area (Å²) in [6.45, 7) is 11.6. The van der Waals surface area contributed by atoms with E-state index in [-0.39, 0.29) is 11.9 Å². The Morgan fingerprint density at radius 2 is 1.81 bits per heavy atom. The quantitative estimate of drug-likeness (QED) is 0.690. The first-order valence-electron chi connectivity index (χ1n) is 5.97. The van der Waals surface area contributed by atoms with Crippen molar-refractivity contribution < 1.29 is 14.3 Å². The maximum atomic E-state index is 11.5. The van der Waals surface area contributed by atoms with Crippen LogP contribution in [0, 0.1) is 5.92 Å². The van der Waals surface area contributed by atoms with Gasteiger partial charge in [-0.25, -0.2) is 0 Å². The number of rotatable bonds is 8. The molecule has 0 rings (SSSR count). The molecular formula is C12H25NO3. The van der Waals surface area contributed by atoms with Crippen LogP contribution in [0.4, 0.5) is 0 Å². The number of hydrogen-bond donors (Lipinski definition) is 1. The molecule has 0 heterocycles. The molecule has 0 aromatic carbocycles. The summed E-state index contributed by atoms with van der Waals surface area (Å²) in [6, 6.07) is 0.0224. The van der Waals surface area contributed by atoms with Crippen LogP contribution in [0.5, 0.6) is 0 Å². The molecule has 0 saturated carbocycles. The van der Waals surface area contributed by atoms with Gasteiger partial charge in [0.25, 0.3) is 0 Å². The molecule has 0 unspecified atom stereocenters. The van der Waals surface area contributed by atoms with E-state index in [1.54, 1.807) is 6.92 Å². The minimum absolute atomic E-state index is 0.0224. The topological polar surface area (TPSA) is 47.6 Å². The molecule has 0 bridgehead atoms. The lowest BCUT2D eigenvalue weighted by Crippen LogP contribution is -2.42. The van der Waals surface area contributed by atoms with Crippen LogP contribution in [0.3, 0.4) is 0 Å². The second-order valence-electron chi connectivity index (χ2n) is 4.44. The number of nitrogens with one attached hydrogen (secondary N) is 1.